The Morgan fingerprint density at radius 1 is 1.20 bits per heavy atom. The summed E-state index contributed by atoms with van der Waals surface area (Å²) in [6.45, 7) is 0.534. The molecule has 3 atom stereocenters. The smallest absolute Gasteiger partial charge is 0.264 e. The van der Waals surface area contributed by atoms with Gasteiger partial charge in [0.15, 0.2) is 0 Å². The molecule has 1 aliphatic carbocycles. The Balaban J connectivity index is 1.74. The fourth-order valence-electron chi connectivity index (χ4n) is 4.52. The third-order valence-electron chi connectivity index (χ3n) is 5.77. The average Bonchev–Trinajstić information content (AvgIpc) is 3.15. The zero-order chi connectivity index (χ0) is 17.4. The van der Waals surface area contributed by atoms with Crippen molar-refractivity contribution in [2.45, 2.75) is 43.7 Å². The van der Waals surface area contributed by atoms with Gasteiger partial charge in [-0.15, -0.1) is 11.3 Å². The van der Waals surface area contributed by atoms with E-state index in [0.717, 1.165) is 31.2 Å². The van der Waals surface area contributed by atoms with Gasteiger partial charge in [0, 0.05) is 12.5 Å². The van der Waals surface area contributed by atoms with Crippen LogP contribution < -0.4 is 0 Å². The number of likely N-dealkylation sites (tertiary alicyclic amines) is 1. The van der Waals surface area contributed by atoms with Gasteiger partial charge in [0.2, 0.25) is 0 Å². The summed E-state index contributed by atoms with van der Waals surface area (Å²) >= 11 is 1.44. The third kappa shape index (κ3) is 3.00. The summed E-state index contributed by atoms with van der Waals surface area (Å²) in [5.74, 6) is -0.268. The summed E-state index contributed by atoms with van der Waals surface area (Å²) in [6.07, 6.45) is 4.39. The minimum atomic E-state index is -0.719. The number of thiophene rings is 1. The van der Waals surface area contributed by atoms with Crippen molar-refractivity contribution in [2.75, 3.05) is 6.54 Å². The van der Waals surface area contributed by atoms with Gasteiger partial charge in [-0.3, -0.25) is 4.79 Å². The topological polar surface area (TPSA) is 40.5 Å². The number of nitrogens with zero attached hydrogens (tertiary/aromatic N) is 1. The van der Waals surface area contributed by atoms with Crippen molar-refractivity contribution in [1.82, 2.24) is 4.90 Å². The van der Waals surface area contributed by atoms with E-state index in [9.17, 15) is 14.3 Å². The molecule has 3 nitrogen and oxygen atoms in total. The molecule has 1 amide bonds. The molecule has 1 aromatic heterocycles. The van der Waals surface area contributed by atoms with Gasteiger partial charge < -0.3 is 10.0 Å². The van der Waals surface area contributed by atoms with Gasteiger partial charge in [-0.05, 0) is 48.4 Å². The van der Waals surface area contributed by atoms with Crippen LogP contribution in [-0.4, -0.2) is 28.1 Å². The highest BCUT2D eigenvalue weighted by molar-refractivity contribution is 7.12. The van der Waals surface area contributed by atoms with Crippen LogP contribution in [0.3, 0.4) is 0 Å². The van der Waals surface area contributed by atoms with E-state index in [1.807, 2.05) is 22.4 Å². The van der Waals surface area contributed by atoms with Crippen LogP contribution in [0.25, 0.3) is 0 Å². The van der Waals surface area contributed by atoms with E-state index in [-0.39, 0.29) is 23.7 Å². The molecule has 132 valence electrons. The van der Waals surface area contributed by atoms with Crippen LogP contribution in [0.2, 0.25) is 0 Å². The Kier molecular flexibility index (Phi) is 4.38. The van der Waals surface area contributed by atoms with E-state index in [1.54, 1.807) is 12.1 Å². The molecule has 1 saturated carbocycles. The molecular weight excluding hydrogens is 337 g/mol. The van der Waals surface area contributed by atoms with Gasteiger partial charge in [0.25, 0.3) is 5.91 Å². The van der Waals surface area contributed by atoms with E-state index in [1.165, 1.54) is 23.5 Å². The quantitative estimate of drug-likeness (QED) is 0.864. The fraction of sp³-hybridized carbons (Fsp3) is 0.450. The first kappa shape index (κ1) is 16.7. The van der Waals surface area contributed by atoms with Gasteiger partial charge in [-0.25, -0.2) is 4.39 Å². The SMILES string of the molecule is O=C(c1cccs1)N1CC[C@@]2(O)CCCC[C@@H]2[C@@H]1c1ccc(F)cc1. The molecule has 0 bridgehead atoms. The van der Waals surface area contributed by atoms with Crippen molar-refractivity contribution in [3.63, 3.8) is 0 Å². The minimum absolute atomic E-state index is 0.00405. The van der Waals surface area contributed by atoms with Gasteiger partial charge >= 0.3 is 0 Å². The lowest BCUT2D eigenvalue weighted by molar-refractivity contribution is -0.114. The summed E-state index contributed by atoms with van der Waals surface area (Å²) in [5.41, 5.74) is 0.195. The van der Waals surface area contributed by atoms with Crippen LogP contribution >= 0.6 is 11.3 Å². The molecule has 4 rings (SSSR count). The lowest BCUT2D eigenvalue weighted by Crippen LogP contribution is -2.56. The number of carbonyl (C=O) groups excluding carboxylic acids is 1. The van der Waals surface area contributed by atoms with E-state index in [4.69, 9.17) is 0 Å². The maximum atomic E-state index is 13.4. The molecule has 2 aliphatic rings. The van der Waals surface area contributed by atoms with Gasteiger partial charge in [0.1, 0.15) is 5.82 Å². The maximum Gasteiger partial charge on any atom is 0.264 e. The Morgan fingerprint density at radius 2 is 2.00 bits per heavy atom. The first-order chi connectivity index (χ1) is 12.1. The molecule has 2 aromatic rings. The predicted molar refractivity (Wildman–Crippen MR) is 96.0 cm³/mol. The van der Waals surface area contributed by atoms with Gasteiger partial charge in [-0.2, -0.15) is 0 Å². The highest BCUT2D eigenvalue weighted by Crippen LogP contribution is 2.49. The monoisotopic (exact) mass is 359 g/mol. The first-order valence-corrected chi connectivity index (χ1v) is 9.79. The summed E-state index contributed by atoms with van der Waals surface area (Å²) in [7, 11) is 0. The highest BCUT2D eigenvalue weighted by Gasteiger charge is 2.50. The summed E-state index contributed by atoms with van der Waals surface area (Å²) in [5, 5.41) is 13.1. The van der Waals surface area contributed by atoms with Crippen molar-refractivity contribution in [2.24, 2.45) is 5.92 Å². The Labute approximate surface area is 151 Å². The number of rotatable bonds is 2. The first-order valence-electron chi connectivity index (χ1n) is 8.91. The number of hydrogen-bond acceptors (Lipinski definition) is 3. The van der Waals surface area contributed by atoms with Crippen molar-refractivity contribution in [1.29, 1.82) is 0 Å². The van der Waals surface area contributed by atoms with Crippen LogP contribution in [0, 0.1) is 11.7 Å². The number of fused-ring (bicyclic) bond motifs is 1. The van der Waals surface area contributed by atoms with Crippen LogP contribution in [0.4, 0.5) is 4.39 Å². The second-order valence-corrected chi connectivity index (χ2v) is 8.13. The molecule has 0 unspecified atom stereocenters. The van der Waals surface area contributed by atoms with Crippen LogP contribution in [0.5, 0.6) is 0 Å². The van der Waals surface area contributed by atoms with E-state index in [0.29, 0.717) is 17.8 Å². The Hall–Kier alpha value is -1.72. The lowest BCUT2D eigenvalue weighted by atomic mass is 9.66. The number of carbonyl (C=O) groups is 1. The molecule has 1 N–H and O–H groups in total. The average molecular weight is 359 g/mol. The van der Waals surface area contributed by atoms with Crippen molar-refractivity contribution < 1.29 is 14.3 Å². The molecule has 5 heteroatoms. The van der Waals surface area contributed by atoms with Gasteiger partial charge in [0.05, 0.1) is 16.5 Å². The zero-order valence-corrected chi connectivity index (χ0v) is 14.8. The number of piperidine rings is 1. The number of amides is 1. The highest BCUT2D eigenvalue weighted by atomic mass is 32.1. The second-order valence-electron chi connectivity index (χ2n) is 7.18. The molecule has 0 spiro atoms. The van der Waals surface area contributed by atoms with Crippen LogP contribution in [-0.2, 0) is 0 Å². The molecular formula is C20H22FNO2S. The Morgan fingerprint density at radius 3 is 2.72 bits per heavy atom. The minimum Gasteiger partial charge on any atom is -0.389 e. The number of benzene rings is 1. The van der Waals surface area contributed by atoms with Crippen molar-refractivity contribution in [3.8, 4) is 0 Å². The molecule has 1 aromatic carbocycles. The third-order valence-corrected chi connectivity index (χ3v) is 6.63. The summed E-state index contributed by atoms with van der Waals surface area (Å²) < 4.78 is 13.4. The predicted octanol–water partition coefficient (Wildman–Crippen LogP) is 4.40. The van der Waals surface area contributed by atoms with Gasteiger partial charge in [-0.1, -0.05) is 31.0 Å². The molecule has 1 aliphatic heterocycles. The van der Waals surface area contributed by atoms with Crippen molar-refractivity contribution >= 4 is 17.2 Å². The lowest BCUT2D eigenvalue weighted by Gasteiger charge is -2.52. The maximum absolute atomic E-state index is 13.4. The molecule has 25 heavy (non-hydrogen) atoms. The van der Waals surface area contributed by atoms with E-state index < -0.39 is 5.60 Å². The van der Waals surface area contributed by atoms with Crippen LogP contribution in [0.1, 0.15) is 53.4 Å². The summed E-state index contributed by atoms with van der Waals surface area (Å²) in [4.78, 5) is 15.7. The molecule has 2 heterocycles. The standard InChI is InChI=1S/C20H22FNO2S/c21-15-8-6-14(7-9-15)18-16-4-1-2-10-20(16,24)11-12-22(18)19(23)17-5-3-13-25-17/h3,5-9,13,16,18,24H,1-2,4,10-12H2/t16-,18+,20+/m1/s1. The fourth-order valence-corrected chi connectivity index (χ4v) is 5.20. The molecule has 1 saturated heterocycles. The molecule has 2 fully saturated rings. The van der Waals surface area contributed by atoms with E-state index in [2.05, 4.69) is 0 Å². The largest absolute Gasteiger partial charge is 0.389 e. The number of hydrogen-bond donors (Lipinski definition) is 1. The summed E-state index contributed by atoms with van der Waals surface area (Å²) in [6, 6.07) is 9.93. The zero-order valence-electron chi connectivity index (χ0n) is 14.0. The molecule has 0 radical (unpaired) electrons. The normalized spacial score (nSPS) is 29.3. The number of aliphatic hydroxyl groups is 1. The Bertz CT molecular complexity index is 746. The van der Waals surface area contributed by atoms with Crippen molar-refractivity contribution in [3.05, 3.63) is 58.0 Å². The van der Waals surface area contributed by atoms with Crippen LogP contribution in [0.15, 0.2) is 41.8 Å². The number of halogens is 1. The second kappa shape index (κ2) is 6.54. The van der Waals surface area contributed by atoms with E-state index >= 15 is 0 Å².